The molecule has 0 unspecified atom stereocenters. The van der Waals surface area contributed by atoms with Crippen LogP contribution in [0.3, 0.4) is 0 Å². The van der Waals surface area contributed by atoms with Crippen molar-refractivity contribution in [3.05, 3.63) is 60.2 Å². The van der Waals surface area contributed by atoms with E-state index in [2.05, 4.69) is 25.5 Å². The molecule has 0 atom stereocenters. The van der Waals surface area contributed by atoms with Gasteiger partial charge in [0.15, 0.2) is 5.82 Å². The van der Waals surface area contributed by atoms with Gasteiger partial charge in [0.1, 0.15) is 5.82 Å². The second-order valence-electron chi connectivity index (χ2n) is 5.50. The molecule has 0 fully saturated rings. The Morgan fingerprint density at radius 2 is 2.12 bits per heavy atom. The first-order valence-corrected chi connectivity index (χ1v) is 8.98. The van der Waals surface area contributed by atoms with Gasteiger partial charge in [0.05, 0.1) is 5.75 Å². The topological polar surface area (TPSA) is 83.6 Å². The molecule has 1 aromatic carbocycles. The quantitative estimate of drug-likeness (QED) is 0.638. The minimum absolute atomic E-state index is 0.0141. The van der Waals surface area contributed by atoms with E-state index in [1.807, 2.05) is 43.3 Å². The first-order chi connectivity index (χ1) is 12.2. The number of hydrogen-bond acceptors (Lipinski definition) is 5. The van der Waals surface area contributed by atoms with Gasteiger partial charge in [-0.05, 0) is 30.7 Å². The number of carbonyl (C=O) groups excluding carboxylic acids is 1. The number of H-pyrrole nitrogens is 1. The van der Waals surface area contributed by atoms with Gasteiger partial charge in [-0.3, -0.25) is 14.9 Å². The molecular weight excluding hydrogens is 334 g/mol. The van der Waals surface area contributed by atoms with Gasteiger partial charge in [-0.1, -0.05) is 18.2 Å². The van der Waals surface area contributed by atoms with Crippen LogP contribution in [0.1, 0.15) is 11.4 Å². The summed E-state index contributed by atoms with van der Waals surface area (Å²) in [5.74, 6) is 1.78. The summed E-state index contributed by atoms with van der Waals surface area (Å²) in [6.45, 7) is 2.57. The number of rotatable bonds is 7. The van der Waals surface area contributed by atoms with Crippen molar-refractivity contribution in [2.75, 3.05) is 12.3 Å². The van der Waals surface area contributed by atoms with Crippen molar-refractivity contribution in [2.45, 2.75) is 18.2 Å². The van der Waals surface area contributed by atoms with Gasteiger partial charge >= 0.3 is 0 Å². The largest absolute Gasteiger partial charge is 0.355 e. The summed E-state index contributed by atoms with van der Waals surface area (Å²) in [6, 6.07) is 11.8. The lowest BCUT2D eigenvalue weighted by Gasteiger charge is -2.06. The van der Waals surface area contributed by atoms with E-state index in [1.54, 1.807) is 24.2 Å². The van der Waals surface area contributed by atoms with E-state index < -0.39 is 0 Å². The number of aromatic amines is 1. The Kier molecular flexibility index (Phi) is 5.79. The van der Waals surface area contributed by atoms with E-state index in [0.29, 0.717) is 24.5 Å². The number of nitrogens with one attached hydrogen (secondary N) is 2. The Morgan fingerprint density at radius 3 is 2.92 bits per heavy atom. The lowest BCUT2D eigenvalue weighted by Crippen LogP contribution is -2.27. The Balaban J connectivity index is 1.43. The monoisotopic (exact) mass is 353 g/mol. The van der Waals surface area contributed by atoms with Crippen LogP contribution in [0.25, 0.3) is 11.4 Å². The fourth-order valence-corrected chi connectivity index (χ4v) is 3.12. The molecule has 0 radical (unpaired) electrons. The second kappa shape index (κ2) is 8.43. The normalized spacial score (nSPS) is 10.6. The Hall–Kier alpha value is -2.67. The van der Waals surface area contributed by atoms with Crippen LogP contribution in [0.2, 0.25) is 0 Å². The van der Waals surface area contributed by atoms with Crippen LogP contribution in [0.5, 0.6) is 0 Å². The summed E-state index contributed by atoms with van der Waals surface area (Å²) >= 11 is 1.55. The molecule has 3 aromatic rings. The summed E-state index contributed by atoms with van der Waals surface area (Å²) in [4.78, 5) is 21.6. The number of aromatic nitrogens is 4. The summed E-state index contributed by atoms with van der Waals surface area (Å²) in [5, 5.41) is 9.98. The Bertz CT molecular complexity index is 834. The first kappa shape index (κ1) is 17.2. The van der Waals surface area contributed by atoms with Crippen molar-refractivity contribution in [1.29, 1.82) is 0 Å². The third kappa shape index (κ3) is 4.90. The van der Waals surface area contributed by atoms with Crippen molar-refractivity contribution in [2.24, 2.45) is 0 Å². The zero-order valence-corrected chi connectivity index (χ0v) is 14.7. The van der Waals surface area contributed by atoms with E-state index in [1.165, 1.54) is 5.56 Å². The van der Waals surface area contributed by atoms with Crippen LogP contribution < -0.4 is 5.32 Å². The summed E-state index contributed by atoms with van der Waals surface area (Å²) in [5.41, 5.74) is 2.05. The number of pyridine rings is 1. The molecule has 1 amide bonds. The van der Waals surface area contributed by atoms with Gasteiger partial charge in [-0.15, -0.1) is 11.8 Å². The third-order valence-electron chi connectivity index (χ3n) is 3.59. The molecule has 0 aliphatic rings. The van der Waals surface area contributed by atoms with Crippen LogP contribution in [0, 0.1) is 6.92 Å². The van der Waals surface area contributed by atoms with Gasteiger partial charge < -0.3 is 5.32 Å². The molecule has 2 aromatic heterocycles. The van der Waals surface area contributed by atoms with Gasteiger partial charge in [-0.25, -0.2) is 4.98 Å². The Morgan fingerprint density at radius 1 is 1.24 bits per heavy atom. The number of carbonyl (C=O) groups is 1. The van der Waals surface area contributed by atoms with E-state index in [0.717, 1.165) is 16.3 Å². The van der Waals surface area contributed by atoms with Gasteiger partial charge in [0.2, 0.25) is 5.91 Å². The third-order valence-corrected chi connectivity index (χ3v) is 4.76. The summed E-state index contributed by atoms with van der Waals surface area (Å²) < 4.78 is 0. The summed E-state index contributed by atoms with van der Waals surface area (Å²) in [6.07, 6.45) is 4.03. The number of aryl methyl sites for hydroxylation is 1. The zero-order chi connectivity index (χ0) is 17.5. The van der Waals surface area contributed by atoms with E-state index in [9.17, 15) is 4.79 Å². The van der Waals surface area contributed by atoms with Crippen molar-refractivity contribution >= 4 is 17.7 Å². The molecule has 0 aliphatic heterocycles. The van der Waals surface area contributed by atoms with Crippen molar-refractivity contribution < 1.29 is 4.79 Å². The highest BCUT2D eigenvalue weighted by molar-refractivity contribution is 8.00. The lowest BCUT2D eigenvalue weighted by molar-refractivity contribution is -0.118. The predicted molar refractivity (Wildman–Crippen MR) is 98.2 cm³/mol. The van der Waals surface area contributed by atoms with E-state index in [-0.39, 0.29) is 5.91 Å². The SMILES string of the molecule is Cc1ccccc1SCC(=O)NCCc1nc(-c2cccnc2)n[nH]1. The smallest absolute Gasteiger partial charge is 0.230 e. The van der Waals surface area contributed by atoms with Crippen LogP contribution in [-0.2, 0) is 11.2 Å². The number of amides is 1. The maximum Gasteiger partial charge on any atom is 0.230 e. The molecule has 0 spiro atoms. The van der Waals surface area contributed by atoms with E-state index >= 15 is 0 Å². The second-order valence-corrected chi connectivity index (χ2v) is 6.52. The highest BCUT2D eigenvalue weighted by Gasteiger charge is 2.07. The number of hydrogen-bond donors (Lipinski definition) is 2. The number of benzene rings is 1. The van der Waals surface area contributed by atoms with Crippen LogP contribution >= 0.6 is 11.8 Å². The molecule has 2 N–H and O–H groups in total. The molecule has 0 saturated carbocycles. The average Bonchev–Trinajstić information content (AvgIpc) is 3.11. The highest BCUT2D eigenvalue weighted by atomic mass is 32.2. The van der Waals surface area contributed by atoms with Gasteiger partial charge in [0, 0.05) is 35.8 Å². The molecule has 0 aliphatic carbocycles. The predicted octanol–water partition coefficient (Wildman–Crippen LogP) is 2.63. The molecule has 25 heavy (non-hydrogen) atoms. The van der Waals surface area contributed by atoms with Crippen LogP contribution in [0.4, 0.5) is 0 Å². The minimum Gasteiger partial charge on any atom is -0.355 e. The van der Waals surface area contributed by atoms with Gasteiger partial charge in [-0.2, -0.15) is 5.10 Å². The molecule has 6 nitrogen and oxygen atoms in total. The molecule has 3 rings (SSSR count). The van der Waals surface area contributed by atoms with Crippen molar-refractivity contribution in [3.8, 4) is 11.4 Å². The molecular formula is C18H19N5OS. The standard InChI is InChI=1S/C18H19N5OS/c1-13-5-2-3-7-15(13)25-12-17(24)20-10-8-16-21-18(23-22-16)14-6-4-9-19-11-14/h2-7,9,11H,8,10,12H2,1H3,(H,20,24)(H,21,22,23). The molecule has 7 heteroatoms. The Labute approximate surface area is 150 Å². The molecule has 0 bridgehead atoms. The number of thioether (sulfide) groups is 1. The molecule has 2 heterocycles. The van der Waals surface area contributed by atoms with E-state index in [4.69, 9.17) is 0 Å². The van der Waals surface area contributed by atoms with Crippen LogP contribution in [-0.4, -0.2) is 38.4 Å². The maximum absolute atomic E-state index is 12.0. The minimum atomic E-state index is 0.0141. The van der Waals surface area contributed by atoms with Crippen molar-refractivity contribution in [1.82, 2.24) is 25.5 Å². The summed E-state index contributed by atoms with van der Waals surface area (Å²) in [7, 11) is 0. The lowest BCUT2D eigenvalue weighted by atomic mass is 10.2. The van der Waals surface area contributed by atoms with Crippen molar-refractivity contribution in [3.63, 3.8) is 0 Å². The fourth-order valence-electron chi connectivity index (χ4n) is 2.26. The fraction of sp³-hybridized carbons (Fsp3) is 0.222. The number of nitrogens with zero attached hydrogens (tertiary/aromatic N) is 3. The molecule has 128 valence electrons. The zero-order valence-electron chi connectivity index (χ0n) is 13.9. The maximum atomic E-state index is 12.0. The van der Waals surface area contributed by atoms with Gasteiger partial charge in [0.25, 0.3) is 0 Å². The highest BCUT2D eigenvalue weighted by Crippen LogP contribution is 2.21. The average molecular weight is 353 g/mol. The van der Waals surface area contributed by atoms with Crippen LogP contribution in [0.15, 0.2) is 53.7 Å². The molecule has 0 saturated heterocycles. The first-order valence-electron chi connectivity index (χ1n) is 7.99.